The fourth-order valence-electron chi connectivity index (χ4n) is 2.28. The zero-order valence-electron chi connectivity index (χ0n) is 10.4. The molecule has 0 bridgehead atoms. The predicted octanol–water partition coefficient (Wildman–Crippen LogP) is 3.50. The maximum atomic E-state index is 12.3. The molecule has 1 saturated heterocycles. The van der Waals surface area contributed by atoms with Crippen LogP contribution in [-0.4, -0.2) is 17.4 Å². The fraction of sp³-hybridized carbons (Fsp3) is 0.267. The van der Waals surface area contributed by atoms with E-state index >= 15 is 0 Å². The summed E-state index contributed by atoms with van der Waals surface area (Å²) in [6, 6.07) is 10.0. The van der Waals surface area contributed by atoms with Crippen LogP contribution in [0.1, 0.15) is 12.5 Å². The van der Waals surface area contributed by atoms with Crippen molar-refractivity contribution in [3.05, 3.63) is 58.6 Å². The van der Waals surface area contributed by atoms with E-state index in [2.05, 4.69) is 22.5 Å². The Hall–Kier alpha value is -1.35. The monoisotopic (exact) mass is 305 g/mol. The molecule has 0 saturated carbocycles. The van der Waals surface area contributed by atoms with E-state index in [4.69, 9.17) is 0 Å². The number of carbonyl (C=O) groups is 1. The van der Waals surface area contributed by atoms with Crippen LogP contribution in [-0.2, 0) is 11.3 Å². The Labute approximate surface area is 116 Å². The molecule has 1 atom stereocenters. The van der Waals surface area contributed by atoms with Gasteiger partial charge in [-0.3, -0.25) is 4.79 Å². The molecule has 1 aromatic rings. The summed E-state index contributed by atoms with van der Waals surface area (Å²) in [7, 11) is 0. The Kier molecular flexibility index (Phi) is 4.02. The summed E-state index contributed by atoms with van der Waals surface area (Å²) in [6.45, 7) is 7.11. The molecule has 0 aromatic heterocycles. The lowest BCUT2D eigenvalue weighted by Crippen LogP contribution is -2.24. The van der Waals surface area contributed by atoms with Gasteiger partial charge in [0.15, 0.2) is 0 Å². The molecule has 2 rings (SSSR count). The first-order valence-corrected chi connectivity index (χ1v) is 6.74. The van der Waals surface area contributed by atoms with Crippen LogP contribution < -0.4 is 0 Å². The van der Waals surface area contributed by atoms with Gasteiger partial charge in [0.1, 0.15) is 0 Å². The lowest BCUT2D eigenvalue weighted by atomic mass is 10.0. The number of nitrogens with zero attached hydrogens (tertiary/aromatic N) is 1. The minimum atomic E-state index is 0.109. The molecule has 0 N–H and O–H groups in total. The minimum absolute atomic E-state index is 0.109. The molecule has 1 aromatic carbocycles. The Bertz CT molecular complexity index is 488. The van der Waals surface area contributed by atoms with E-state index in [-0.39, 0.29) is 11.8 Å². The van der Waals surface area contributed by atoms with Crippen molar-refractivity contribution < 1.29 is 4.79 Å². The van der Waals surface area contributed by atoms with Gasteiger partial charge >= 0.3 is 0 Å². The molecule has 0 spiro atoms. The summed E-state index contributed by atoms with van der Waals surface area (Å²) in [5.41, 5.74) is 1.99. The first-order valence-electron chi connectivity index (χ1n) is 5.95. The third kappa shape index (κ3) is 2.56. The van der Waals surface area contributed by atoms with Gasteiger partial charge in [-0.05, 0) is 12.5 Å². The average molecular weight is 306 g/mol. The van der Waals surface area contributed by atoms with E-state index < -0.39 is 0 Å². The van der Waals surface area contributed by atoms with Crippen molar-refractivity contribution in [2.24, 2.45) is 5.92 Å². The van der Waals surface area contributed by atoms with E-state index in [0.717, 1.165) is 22.2 Å². The second-order valence-corrected chi connectivity index (χ2v) is 5.65. The summed E-state index contributed by atoms with van der Waals surface area (Å²) >= 11 is 3.42. The quantitative estimate of drug-likeness (QED) is 0.618. The number of likely N-dealkylation sites (tertiary alicyclic amines) is 1. The van der Waals surface area contributed by atoms with Crippen LogP contribution in [0.3, 0.4) is 0 Å². The van der Waals surface area contributed by atoms with Crippen molar-refractivity contribution in [1.82, 2.24) is 4.90 Å². The lowest BCUT2D eigenvalue weighted by molar-refractivity contribution is -0.125. The molecule has 2 nitrogen and oxygen atoms in total. The van der Waals surface area contributed by atoms with E-state index in [0.29, 0.717) is 6.54 Å². The van der Waals surface area contributed by atoms with Gasteiger partial charge in [-0.2, -0.15) is 0 Å². The van der Waals surface area contributed by atoms with E-state index in [9.17, 15) is 4.79 Å². The standard InChI is InChI=1S/C15H16BrNO/c1-3-13-10-17(15(18)14(13)11(2)16)9-12-7-5-4-6-8-12/h3-8,13H,1,9-10H2,2H3/b14-11+. The van der Waals surface area contributed by atoms with Gasteiger partial charge in [-0.25, -0.2) is 0 Å². The highest BCUT2D eigenvalue weighted by Gasteiger charge is 2.34. The SMILES string of the molecule is C=CC1CN(Cc2ccccc2)C(=O)/C1=C(\C)Br. The van der Waals surface area contributed by atoms with Crippen molar-refractivity contribution >= 4 is 21.8 Å². The van der Waals surface area contributed by atoms with Crippen LogP contribution >= 0.6 is 15.9 Å². The van der Waals surface area contributed by atoms with Crippen LogP contribution in [0, 0.1) is 5.92 Å². The Balaban J connectivity index is 2.20. The highest BCUT2D eigenvalue weighted by Crippen LogP contribution is 2.30. The number of carbonyl (C=O) groups excluding carboxylic acids is 1. The number of amides is 1. The lowest BCUT2D eigenvalue weighted by Gasteiger charge is -2.15. The molecular formula is C15H16BrNO. The largest absolute Gasteiger partial charge is 0.334 e. The molecule has 0 radical (unpaired) electrons. The fourth-order valence-corrected chi connectivity index (χ4v) is 2.74. The van der Waals surface area contributed by atoms with Crippen molar-refractivity contribution in [3.8, 4) is 0 Å². The first-order chi connectivity index (χ1) is 8.63. The number of benzene rings is 1. The second kappa shape index (κ2) is 5.53. The molecule has 1 aliphatic rings. The van der Waals surface area contributed by atoms with Gasteiger partial charge in [-0.1, -0.05) is 52.3 Å². The summed E-state index contributed by atoms with van der Waals surface area (Å²) in [5.74, 6) is 0.235. The Morgan fingerprint density at radius 1 is 1.50 bits per heavy atom. The first kappa shape index (κ1) is 13.1. The van der Waals surface area contributed by atoms with Gasteiger partial charge in [0.05, 0.1) is 0 Å². The molecule has 1 heterocycles. The van der Waals surface area contributed by atoms with Gasteiger partial charge < -0.3 is 4.90 Å². The molecule has 1 aliphatic heterocycles. The smallest absolute Gasteiger partial charge is 0.251 e. The van der Waals surface area contributed by atoms with Crippen LogP contribution in [0.2, 0.25) is 0 Å². The van der Waals surface area contributed by atoms with Gasteiger partial charge in [0.2, 0.25) is 0 Å². The van der Waals surface area contributed by atoms with Gasteiger partial charge in [0.25, 0.3) is 5.91 Å². The summed E-state index contributed by atoms with van der Waals surface area (Å²) in [5, 5.41) is 0. The molecule has 1 unspecified atom stereocenters. The number of hydrogen-bond acceptors (Lipinski definition) is 1. The molecule has 0 aliphatic carbocycles. The predicted molar refractivity (Wildman–Crippen MR) is 77.2 cm³/mol. The molecule has 1 fully saturated rings. The maximum Gasteiger partial charge on any atom is 0.251 e. The normalized spacial score (nSPS) is 22.2. The van der Waals surface area contributed by atoms with Crippen LogP contribution in [0.5, 0.6) is 0 Å². The highest BCUT2D eigenvalue weighted by molar-refractivity contribution is 9.11. The van der Waals surface area contributed by atoms with Crippen LogP contribution in [0.25, 0.3) is 0 Å². The molecule has 1 amide bonds. The third-order valence-corrected chi connectivity index (χ3v) is 3.60. The van der Waals surface area contributed by atoms with Crippen molar-refractivity contribution in [2.45, 2.75) is 13.5 Å². The van der Waals surface area contributed by atoms with Crippen molar-refractivity contribution in [3.63, 3.8) is 0 Å². The number of halogens is 1. The van der Waals surface area contributed by atoms with Gasteiger partial charge in [-0.15, -0.1) is 6.58 Å². The molecule has 3 heteroatoms. The van der Waals surface area contributed by atoms with E-state index in [1.807, 2.05) is 48.2 Å². The van der Waals surface area contributed by atoms with Crippen molar-refractivity contribution in [2.75, 3.05) is 6.54 Å². The van der Waals surface area contributed by atoms with Crippen LogP contribution in [0.15, 0.2) is 53.0 Å². The summed E-state index contributed by atoms with van der Waals surface area (Å²) in [6.07, 6.45) is 1.85. The van der Waals surface area contributed by atoms with Crippen molar-refractivity contribution in [1.29, 1.82) is 0 Å². The Morgan fingerprint density at radius 3 is 2.67 bits per heavy atom. The Morgan fingerprint density at radius 2 is 2.17 bits per heavy atom. The van der Waals surface area contributed by atoms with E-state index in [1.54, 1.807) is 0 Å². The summed E-state index contributed by atoms with van der Waals surface area (Å²) < 4.78 is 0.910. The zero-order chi connectivity index (χ0) is 13.1. The molecule has 18 heavy (non-hydrogen) atoms. The third-order valence-electron chi connectivity index (χ3n) is 3.18. The average Bonchev–Trinajstić information content (AvgIpc) is 2.67. The topological polar surface area (TPSA) is 20.3 Å². The maximum absolute atomic E-state index is 12.3. The minimum Gasteiger partial charge on any atom is -0.334 e. The van der Waals surface area contributed by atoms with Gasteiger partial charge in [0, 0.05) is 29.1 Å². The second-order valence-electron chi connectivity index (χ2n) is 4.46. The summed E-state index contributed by atoms with van der Waals surface area (Å²) in [4.78, 5) is 14.2. The van der Waals surface area contributed by atoms with E-state index in [1.165, 1.54) is 0 Å². The number of rotatable bonds is 3. The zero-order valence-corrected chi connectivity index (χ0v) is 12.0. The molecule has 94 valence electrons. The molecular weight excluding hydrogens is 290 g/mol. The highest BCUT2D eigenvalue weighted by atomic mass is 79.9. The number of allylic oxidation sites excluding steroid dienone is 1. The van der Waals surface area contributed by atoms with Crippen LogP contribution in [0.4, 0.5) is 0 Å². The number of hydrogen-bond donors (Lipinski definition) is 0.